The van der Waals surface area contributed by atoms with E-state index in [-0.39, 0.29) is 0 Å². The summed E-state index contributed by atoms with van der Waals surface area (Å²) in [4.78, 5) is 9.98. The minimum Gasteiger partial charge on any atom is -0.359 e. The highest BCUT2D eigenvalue weighted by atomic mass is 31.2. The Labute approximate surface area is 82.2 Å². The molecule has 0 aliphatic heterocycles. The van der Waals surface area contributed by atoms with Crippen LogP contribution in [0.25, 0.3) is 0 Å². The number of nitrogens with zero attached hydrogens (tertiary/aromatic N) is 1. The molecule has 0 saturated heterocycles. The molecule has 1 fully saturated rings. The highest BCUT2D eigenvalue weighted by Crippen LogP contribution is 2.45. The van der Waals surface area contributed by atoms with Crippen molar-refractivity contribution in [2.24, 2.45) is 5.73 Å². The van der Waals surface area contributed by atoms with Crippen LogP contribution in [0.15, 0.2) is 0 Å². The number of hydrogen-bond acceptors (Lipinski definition) is 3. The first kappa shape index (κ1) is 11.4. The molecule has 1 saturated carbocycles. The normalized spacial score (nSPS) is 32.1. The van der Waals surface area contributed by atoms with Gasteiger partial charge in [0.1, 0.15) is 8.30 Å². The van der Waals surface area contributed by atoms with Crippen molar-refractivity contribution in [3.8, 4) is 0 Å². The van der Waals surface area contributed by atoms with Crippen molar-refractivity contribution in [2.45, 2.75) is 44.3 Å². The second kappa shape index (κ2) is 5.26. The van der Waals surface area contributed by atoms with Gasteiger partial charge in [0.05, 0.1) is 0 Å². The SMILES string of the molecule is CCN(C)P(O)C1CCC(N)CC1. The molecule has 3 N–H and O–H groups in total. The summed E-state index contributed by atoms with van der Waals surface area (Å²) >= 11 is 0. The second-order valence-corrected chi connectivity index (χ2v) is 5.92. The van der Waals surface area contributed by atoms with E-state index in [0.29, 0.717) is 11.7 Å². The Morgan fingerprint density at radius 1 is 1.38 bits per heavy atom. The average Bonchev–Trinajstić information content (AvgIpc) is 2.17. The van der Waals surface area contributed by atoms with Crippen LogP contribution in [0.1, 0.15) is 32.6 Å². The van der Waals surface area contributed by atoms with Crippen molar-refractivity contribution >= 4 is 8.30 Å². The van der Waals surface area contributed by atoms with Crippen LogP contribution >= 0.6 is 8.30 Å². The molecule has 0 bridgehead atoms. The van der Waals surface area contributed by atoms with Crippen LogP contribution in [0.4, 0.5) is 0 Å². The lowest BCUT2D eigenvalue weighted by Crippen LogP contribution is -2.30. The molecule has 13 heavy (non-hydrogen) atoms. The van der Waals surface area contributed by atoms with E-state index in [2.05, 4.69) is 11.6 Å². The standard InChI is InChI=1S/C9H21N2OP/c1-3-11(2)13(12)9-6-4-8(10)5-7-9/h8-9,12H,3-7,10H2,1-2H3. The summed E-state index contributed by atoms with van der Waals surface area (Å²) in [5.41, 5.74) is 6.32. The van der Waals surface area contributed by atoms with Gasteiger partial charge in [-0.3, -0.25) is 4.67 Å². The first-order valence-corrected chi connectivity index (χ1v) is 6.41. The zero-order chi connectivity index (χ0) is 9.84. The third-order valence-electron chi connectivity index (χ3n) is 2.88. The summed E-state index contributed by atoms with van der Waals surface area (Å²) in [5, 5.41) is 0. The van der Waals surface area contributed by atoms with Gasteiger partial charge in [-0.1, -0.05) is 6.92 Å². The Bertz CT molecular complexity index is 149. The van der Waals surface area contributed by atoms with Gasteiger partial charge >= 0.3 is 0 Å². The van der Waals surface area contributed by atoms with E-state index in [0.717, 1.165) is 32.2 Å². The Balaban J connectivity index is 2.35. The third-order valence-corrected chi connectivity index (χ3v) is 5.03. The fraction of sp³-hybridized carbons (Fsp3) is 1.00. The lowest BCUT2D eigenvalue weighted by atomic mass is 9.96. The Kier molecular flexibility index (Phi) is 4.60. The molecule has 0 aromatic rings. The summed E-state index contributed by atoms with van der Waals surface area (Å²) in [5.74, 6) is 0. The van der Waals surface area contributed by atoms with Crippen molar-refractivity contribution in [2.75, 3.05) is 13.6 Å². The largest absolute Gasteiger partial charge is 0.359 e. The summed E-state index contributed by atoms with van der Waals surface area (Å²) in [6.45, 7) is 3.02. The number of hydrogen-bond donors (Lipinski definition) is 2. The van der Waals surface area contributed by atoms with Crippen molar-refractivity contribution in [3.63, 3.8) is 0 Å². The summed E-state index contributed by atoms with van der Waals surface area (Å²) < 4.78 is 2.07. The maximum Gasteiger partial charge on any atom is 0.104 e. The first-order chi connectivity index (χ1) is 6.15. The molecule has 0 amide bonds. The zero-order valence-electron chi connectivity index (χ0n) is 8.61. The minimum atomic E-state index is -0.901. The van der Waals surface area contributed by atoms with Gasteiger partial charge in [0.2, 0.25) is 0 Å². The first-order valence-electron chi connectivity index (χ1n) is 5.10. The van der Waals surface area contributed by atoms with Gasteiger partial charge in [-0.2, -0.15) is 0 Å². The van der Waals surface area contributed by atoms with Crippen molar-refractivity contribution in [1.82, 2.24) is 4.67 Å². The summed E-state index contributed by atoms with van der Waals surface area (Å²) in [6.07, 6.45) is 4.38. The predicted molar refractivity (Wildman–Crippen MR) is 57.7 cm³/mol. The lowest BCUT2D eigenvalue weighted by Gasteiger charge is -2.33. The van der Waals surface area contributed by atoms with E-state index in [1.54, 1.807) is 0 Å². The topological polar surface area (TPSA) is 49.5 Å². The molecule has 1 atom stereocenters. The molecule has 78 valence electrons. The minimum absolute atomic E-state index is 0.381. The van der Waals surface area contributed by atoms with Gasteiger partial charge < -0.3 is 10.6 Å². The molecule has 1 rings (SSSR count). The molecule has 0 aromatic heterocycles. The van der Waals surface area contributed by atoms with E-state index in [4.69, 9.17) is 5.73 Å². The van der Waals surface area contributed by atoms with Crippen LogP contribution < -0.4 is 5.73 Å². The monoisotopic (exact) mass is 204 g/mol. The van der Waals surface area contributed by atoms with Gasteiger partial charge in [-0.15, -0.1) is 0 Å². The van der Waals surface area contributed by atoms with E-state index < -0.39 is 8.30 Å². The fourth-order valence-electron chi connectivity index (χ4n) is 1.76. The highest BCUT2D eigenvalue weighted by Gasteiger charge is 2.27. The highest BCUT2D eigenvalue weighted by molar-refractivity contribution is 7.49. The van der Waals surface area contributed by atoms with Crippen LogP contribution in [0.5, 0.6) is 0 Å². The smallest absolute Gasteiger partial charge is 0.104 e. The summed E-state index contributed by atoms with van der Waals surface area (Å²) in [7, 11) is 1.10. The van der Waals surface area contributed by atoms with Crippen molar-refractivity contribution in [3.05, 3.63) is 0 Å². The quantitative estimate of drug-likeness (QED) is 0.685. The van der Waals surface area contributed by atoms with Gasteiger partial charge in [0.25, 0.3) is 0 Å². The molecule has 1 unspecified atom stereocenters. The van der Waals surface area contributed by atoms with E-state index in [1.807, 2.05) is 7.05 Å². The van der Waals surface area contributed by atoms with Gasteiger partial charge in [-0.25, -0.2) is 0 Å². The summed E-state index contributed by atoms with van der Waals surface area (Å²) in [6, 6.07) is 0.381. The van der Waals surface area contributed by atoms with Crippen LogP contribution in [0, 0.1) is 0 Å². The third kappa shape index (κ3) is 3.17. The van der Waals surface area contributed by atoms with Crippen LogP contribution in [0.3, 0.4) is 0 Å². The zero-order valence-corrected chi connectivity index (χ0v) is 9.50. The number of rotatable bonds is 3. The molecular weight excluding hydrogens is 183 g/mol. The molecule has 3 nitrogen and oxygen atoms in total. The van der Waals surface area contributed by atoms with Gasteiger partial charge in [-0.05, 0) is 32.7 Å². The average molecular weight is 204 g/mol. The Hall–Kier alpha value is 0.310. The maximum absolute atomic E-state index is 9.98. The van der Waals surface area contributed by atoms with Crippen molar-refractivity contribution in [1.29, 1.82) is 0 Å². The van der Waals surface area contributed by atoms with E-state index >= 15 is 0 Å². The predicted octanol–water partition coefficient (Wildman–Crippen LogP) is 1.51. The van der Waals surface area contributed by atoms with Crippen LogP contribution in [0.2, 0.25) is 0 Å². The lowest BCUT2D eigenvalue weighted by molar-refractivity contribution is 0.403. The molecule has 0 heterocycles. The van der Waals surface area contributed by atoms with Crippen LogP contribution in [-0.4, -0.2) is 34.9 Å². The Morgan fingerprint density at radius 2 is 1.92 bits per heavy atom. The molecule has 0 radical (unpaired) electrons. The number of nitrogens with two attached hydrogens (primary N) is 1. The molecular formula is C9H21N2OP. The van der Waals surface area contributed by atoms with Crippen LogP contribution in [-0.2, 0) is 0 Å². The van der Waals surface area contributed by atoms with Gasteiger partial charge in [0, 0.05) is 18.2 Å². The van der Waals surface area contributed by atoms with Crippen molar-refractivity contribution < 1.29 is 4.89 Å². The molecule has 0 spiro atoms. The van der Waals surface area contributed by atoms with E-state index in [1.165, 1.54) is 0 Å². The van der Waals surface area contributed by atoms with E-state index in [9.17, 15) is 4.89 Å². The molecule has 4 heteroatoms. The molecule has 1 aliphatic carbocycles. The Morgan fingerprint density at radius 3 is 2.38 bits per heavy atom. The maximum atomic E-state index is 9.98. The second-order valence-electron chi connectivity index (χ2n) is 3.86. The fourth-order valence-corrected chi connectivity index (χ4v) is 3.36. The van der Waals surface area contributed by atoms with Gasteiger partial charge in [0.15, 0.2) is 0 Å². The molecule has 1 aliphatic rings. The molecule has 0 aromatic carbocycles.